The van der Waals surface area contributed by atoms with E-state index in [1.165, 1.54) is 18.4 Å². The Hall–Kier alpha value is -2.81. The SMILES string of the molecule is O=C(NC(Cn1cc(Cl)c(=O)[nH]c1=O)C(=O)O)c1ccco1. The number of halogens is 1. The number of aromatic amines is 1. The lowest BCUT2D eigenvalue weighted by molar-refractivity contribution is -0.139. The lowest BCUT2D eigenvalue weighted by Crippen LogP contribution is -2.46. The van der Waals surface area contributed by atoms with Gasteiger partial charge < -0.3 is 14.8 Å². The number of furan rings is 1. The van der Waals surface area contributed by atoms with Gasteiger partial charge in [-0.05, 0) is 12.1 Å². The zero-order valence-corrected chi connectivity index (χ0v) is 11.7. The molecule has 0 radical (unpaired) electrons. The number of hydrogen-bond acceptors (Lipinski definition) is 5. The Morgan fingerprint density at radius 3 is 2.77 bits per heavy atom. The van der Waals surface area contributed by atoms with Crippen molar-refractivity contribution in [3.63, 3.8) is 0 Å². The molecular weight excluding hydrogens is 318 g/mol. The molecule has 10 heteroatoms. The van der Waals surface area contributed by atoms with Crippen molar-refractivity contribution in [1.29, 1.82) is 0 Å². The van der Waals surface area contributed by atoms with Gasteiger partial charge in [0.1, 0.15) is 11.1 Å². The van der Waals surface area contributed by atoms with Gasteiger partial charge in [-0.15, -0.1) is 0 Å². The molecular formula is C12H10ClN3O6. The summed E-state index contributed by atoms with van der Waals surface area (Å²) < 4.78 is 5.72. The molecule has 0 saturated carbocycles. The molecule has 0 bridgehead atoms. The molecule has 0 aliphatic heterocycles. The van der Waals surface area contributed by atoms with Crippen LogP contribution in [-0.2, 0) is 11.3 Å². The predicted octanol–water partition coefficient (Wildman–Crippen LogP) is -0.334. The summed E-state index contributed by atoms with van der Waals surface area (Å²) in [4.78, 5) is 47.6. The standard InChI is InChI=1S/C12H10ClN3O6/c13-6-4-16(12(21)15-9(6)17)5-7(11(19)20)14-10(18)8-2-1-3-22-8/h1-4,7H,5H2,(H,14,18)(H,19,20)(H,15,17,21). The minimum absolute atomic E-state index is 0.0712. The van der Waals surface area contributed by atoms with E-state index in [4.69, 9.17) is 21.1 Å². The topological polar surface area (TPSA) is 134 Å². The maximum Gasteiger partial charge on any atom is 0.328 e. The Morgan fingerprint density at radius 1 is 1.45 bits per heavy atom. The molecule has 2 rings (SSSR count). The second kappa shape index (κ2) is 6.31. The highest BCUT2D eigenvalue weighted by atomic mass is 35.5. The van der Waals surface area contributed by atoms with Gasteiger partial charge in [-0.25, -0.2) is 9.59 Å². The number of carbonyl (C=O) groups excluding carboxylic acids is 1. The molecule has 9 nitrogen and oxygen atoms in total. The minimum Gasteiger partial charge on any atom is -0.480 e. The van der Waals surface area contributed by atoms with E-state index in [0.29, 0.717) is 0 Å². The van der Waals surface area contributed by atoms with Crippen molar-refractivity contribution < 1.29 is 19.1 Å². The summed E-state index contributed by atoms with van der Waals surface area (Å²) in [5, 5.41) is 11.1. The predicted molar refractivity (Wildman–Crippen MR) is 73.9 cm³/mol. The van der Waals surface area contributed by atoms with E-state index >= 15 is 0 Å². The molecule has 3 N–H and O–H groups in total. The van der Waals surface area contributed by atoms with Gasteiger partial charge in [-0.1, -0.05) is 11.6 Å². The zero-order valence-electron chi connectivity index (χ0n) is 10.9. The van der Waals surface area contributed by atoms with E-state index in [0.717, 1.165) is 10.8 Å². The van der Waals surface area contributed by atoms with Gasteiger partial charge in [0, 0.05) is 6.20 Å². The Morgan fingerprint density at radius 2 is 2.18 bits per heavy atom. The van der Waals surface area contributed by atoms with Gasteiger partial charge in [-0.3, -0.25) is 19.1 Å². The fraction of sp³-hybridized carbons (Fsp3) is 0.167. The second-order valence-corrected chi connectivity index (χ2v) is 4.64. The van der Waals surface area contributed by atoms with Crippen LogP contribution in [0.3, 0.4) is 0 Å². The number of rotatable bonds is 5. The van der Waals surface area contributed by atoms with E-state index in [-0.39, 0.29) is 10.8 Å². The summed E-state index contributed by atoms with van der Waals surface area (Å²) in [7, 11) is 0. The molecule has 0 spiro atoms. The Balaban J connectivity index is 2.21. The fourth-order valence-corrected chi connectivity index (χ4v) is 1.80. The third-order valence-electron chi connectivity index (χ3n) is 2.70. The van der Waals surface area contributed by atoms with Crippen LogP contribution in [0.5, 0.6) is 0 Å². The highest BCUT2D eigenvalue weighted by Crippen LogP contribution is 2.02. The molecule has 2 heterocycles. The molecule has 0 aromatic carbocycles. The van der Waals surface area contributed by atoms with E-state index in [1.807, 2.05) is 4.98 Å². The number of hydrogen-bond donors (Lipinski definition) is 3. The van der Waals surface area contributed by atoms with Crippen LogP contribution in [0, 0.1) is 0 Å². The smallest absolute Gasteiger partial charge is 0.328 e. The number of nitrogens with one attached hydrogen (secondary N) is 2. The van der Waals surface area contributed by atoms with Crippen molar-refractivity contribution in [1.82, 2.24) is 14.9 Å². The molecule has 0 fully saturated rings. The molecule has 0 aliphatic rings. The van der Waals surface area contributed by atoms with E-state index < -0.39 is 35.7 Å². The van der Waals surface area contributed by atoms with Gasteiger partial charge in [0.25, 0.3) is 11.5 Å². The first-order valence-electron chi connectivity index (χ1n) is 5.95. The van der Waals surface area contributed by atoms with Crippen molar-refractivity contribution >= 4 is 23.5 Å². The Labute approximate surface area is 127 Å². The first-order chi connectivity index (χ1) is 10.4. The van der Waals surface area contributed by atoms with Crippen molar-refractivity contribution in [3.8, 4) is 0 Å². The summed E-state index contributed by atoms with van der Waals surface area (Å²) in [6.45, 7) is -0.420. The molecule has 0 saturated heterocycles. The molecule has 1 atom stereocenters. The van der Waals surface area contributed by atoms with Crippen LogP contribution >= 0.6 is 11.6 Å². The molecule has 2 aromatic rings. The van der Waals surface area contributed by atoms with Crippen molar-refractivity contribution in [2.45, 2.75) is 12.6 Å². The van der Waals surface area contributed by atoms with Gasteiger partial charge in [-0.2, -0.15) is 0 Å². The third kappa shape index (κ3) is 3.44. The Kier molecular flexibility index (Phi) is 4.47. The second-order valence-electron chi connectivity index (χ2n) is 4.23. The normalized spacial score (nSPS) is 11.9. The van der Waals surface area contributed by atoms with Crippen molar-refractivity contribution in [2.24, 2.45) is 0 Å². The number of nitrogens with zero attached hydrogens (tertiary/aromatic N) is 1. The Bertz CT molecular complexity index is 807. The maximum absolute atomic E-state index is 11.8. The average molecular weight is 328 g/mol. The summed E-state index contributed by atoms with van der Waals surface area (Å²) in [6, 6.07) is 1.41. The average Bonchev–Trinajstić information content (AvgIpc) is 2.97. The lowest BCUT2D eigenvalue weighted by Gasteiger charge is -2.15. The number of aromatic nitrogens is 2. The van der Waals surface area contributed by atoms with Crippen LogP contribution in [0.4, 0.5) is 0 Å². The van der Waals surface area contributed by atoms with E-state index in [1.54, 1.807) is 0 Å². The summed E-state index contributed by atoms with van der Waals surface area (Å²) in [6.07, 6.45) is 2.26. The summed E-state index contributed by atoms with van der Waals surface area (Å²) in [5.41, 5.74) is -1.62. The molecule has 1 amide bonds. The first kappa shape index (κ1) is 15.6. The van der Waals surface area contributed by atoms with Gasteiger partial charge in [0.2, 0.25) is 0 Å². The monoisotopic (exact) mass is 327 g/mol. The molecule has 116 valence electrons. The highest BCUT2D eigenvalue weighted by Gasteiger charge is 2.23. The summed E-state index contributed by atoms with van der Waals surface area (Å²) in [5.74, 6) is -2.19. The van der Waals surface area contributed by atoms with Crippen LogP contribution in [0.25, 0.3) is 0 Å². The van der Waals surface area contributed by atoms with Crippen LogP contribution < -0.4 is 16.6 Å². The van der Waals surface area contributed by atoms with Gasteiger partial charge in [0.05, 0.1) is 12.8 Å². The fourth-order valence-electron chi connectivity index (χ4n) is 1.64. The van der Waals surface area contributed by atoms with E-state index in [2.05, 4.69) is 5.32 Å². The quantitative estimate of drug-likeness (QED) is 0.688. The van der Waals surface area contributed by atoms with Gasteiger partial charge in [0.15, 0.2) is 5.76 Å². The minimum atomic E-state index is -1.42. The van der Waals surface area contributed by atoms with Crippen LogP contribution in [0.15, 0.2) is 38.6 Å². The molecule has 1 unspecified atom stereocenters. The maximum atomic E-state index is 11.8. The van der Waals surface area contributed by atoms with Crippen molar-refractivity contribution in [3.05, 3.63) is 56.2 Å². The highest BCUT2D eigenvalue weighted by molar-refractivity contribution is 6.30. The number of carboxylic acid groups (broad SMARTS) is 1. The van der Waals surface area contributed by atoms with Crippen LogP contribution in [0.1, 0.15) is 10.6 Å². The van der Waals surface area contributed by atoms with Crippen molar-refractivity contribution in [2.75, 3.05) is 0 Å². The van der Waals surface area contributed by atoms with Gasteiger partial charge >= 0.3 is 11.7 Å². The number of H-pyrrole nitrogens is 1. The largest absolute Gasteiger partial charge is 0.480 e. The zero-order chi connectivity index (χ0) is 16.3. The third-order valence-corrected chi connectivity index (χ3v) is 2.96. The molecule has 2 aromatic heterocycles. The molecule has 0 aliphatic carbocycles. The molecule has 22 heavy (non-hydrogen) atoms. The lowest BCUT2D eigenvalue weighted by atomic mass is 10.2. The van der Waals surface area contributed by atoms with Crippen LogP contribution in [0.2, 0.25) is 5.02 Å². The number of aliphatic carboxylic acids is 1. The van der Waals surface area contributed by atoms with Crippen LogP contribution in [-0.4, -0.2) is 32.6 Å². The summed E-state index contributed by atoms with van der Waals surface area (Å²) >= 11 is 5.58. The number of carboxylic acids is 1. The number of amides is 1. The first-order valence-corrected chi connectivity index (χ1v) is 6.32. The van der Waals surface area contributed by atoms with E-state index in [9.17, 15) is 19.2 Å². The number of carbonyl (C=O) groups is 2.